The fourth-order valence-corrected chi connectivity index (χ4v) is 2.93. The first-order chi connectivity index (χ1) is 15.0. The molecule has 1 N–H and O–H groups in total. The van der Waals surface area contributed by atoms with Gasteiger partial charge in [-0.2, -0.15) is 5.10 Å². The highest BCUT2D eigenvalue weighted by Gasteiger charge is 2.07. The van der Waals surface area contributed by atoms with Crippen LogP contribution in [0.2, 0.25) is 0 Å². The zero-order valence-electron chi connectivity index (χ0n) is 18.2. The predicted octanol–water partition coefficient (Wildman–Crippen LogP) is 5.23. The largest absolute Gasteiger partial charge is 0.488 e. The minimum Gasteiger partial charge on any atom is -0.488 e. The van der Waals surface area contributed by atoms with Crippen molar-refractivity contribution in [2.45, 2.75) is 33.3 Å². The molecule has 160 valence electrons. The van der Waals surface area contributed by atoms with E-state index in [1.165, 1.54) is 5.56 Å². The number of aryl methyl sites for hydroxylation is 1. The summed E-state index contributed by atoms with van der Waals surface area (Å²) in [6.45, 7) is 6.56. The molecule has 0 atom stereocenters. The van der Waals surface area contributed by atoms with E-state index in [1.54, 1.807) is 6.21 Å². The molecule has 0 aliphatic heterocycles. The summed E-state index contributed by atoms with van der Waals surface area (Å²) in [5.41, 5.74) is 6.53. The van der Waals surface area contributed by atoms with Crippen LogP contribution in [0.15, 0.2) is 77.9 Å². The van der Waals surface area contributed by atoms with Gasteiger partial charge in [-0.15, -0.1) is 0 Å². The molecular formula is C26H28N2O3. The van der Waals surface area contributed by atoms with Crippen LogP contribution >= 0.6 is 0 Å². The van der Waals surface area contributed by atoms with Crippen molar-refractivity contribution in [2.75, 3.05) is 6.61 Å². The number of rotatable bonds is 9. The lowest BCUT2D eigenvalue weighted by molar-refractivity contribution is -0.123. The van der Waals surface area contributed by atoms with Crippen molar-refractivity contribution in [3.05, 3.63) is 95.1 Å². The summed E-state index contributed by atoms with van der Waals surface area (Å²) in [4.78, 5) is 12.2. The number of nitrogens with zero attached hydrogens (tertiary/aromatic N) is 1. The smallest absolute Gasteiger partial charge is 0.277 e. The molecule has 3 aromatic carbocycles. The van der Waals surface area contributed by atoms with Crippen LogP contribution in [0.4, 0.5) is 0 Å². The number of carbonyl (C=O) groups is 1. The van der Waals surface area contributed by atoms with E-state index >= 15 is 0 Å². The van der Waals surface area contributed by atoms with Gasteiger partial charge in [0.05, 0.1) is 6.21 Å². The standard InChI is InChI=1S/C26H28N2O3/c1-19(2)22-14-13-20(3)25(15-22)31-18-26(29)28-27-16-23-11-7-8-12-24(23)30-17-21-9-5-4-6-10-21/h4-16,19H,17-18H2,1-3H3,(H,28,29). The maximum atomic E-state index is 12.2. The van der Waals surface area contributed by atoms with E-state index in [1.807, 2.05) is 73.7 Å². The highest BCUT2D eigenvalue weighted by Crippen LogP contribution is 2.24. The molecular weight excluding hydrogens is 388 g/mol. The monoisotopic (exact) mass is 416 g/mol. The van der Waals surface area contributed by atoms with Gasteiger partial charge in [0.1, 0.15) is 18.1 Å². The molecule has 0 aromatic heterocycles. The second-order valence-electron chi connectivity index (χ2n) is 7.57. The van der Waals surface area contributed by atoms with Crippen molar-refractivity contribution in [1.29, 1.82) is 0 Å². The summed E-state index contributed by atoms with van der Waals surface area (Å²) in [6, 6.07) is 23.6. The van der Waals surface area contributed by atoms with Crippen molar-refractivity contribution in [3.63, 3.8) is 0 Å². The van der Waals surface area contributed by atoms with Crippen molar-refractivity contribution in [3.8, 4) is 11.5 Å². The molecule has 0 fully saturated rings. The Balaban J connectivity index is 1.54. The molecule has 3 rings (SSSR count). The highest BCUT2D eigenvalue weighted by molar-refractivity contribution is 5.85. The van der Waals surface area contributed by atoms with Gasteiger partial charge in [0, 0.05) is 5.56 Å². The third kappa shape index (κ3) is 6.71. The van der Waals surface area contributed by atoms with Crippen molar-refractivity contribution in [2.24, 2.45) is 5.10 Å². The molecule has 0 unspecified atom stereocenters. The van der Waals surface area contributed by atoms with Gasteiger partial charge < -0.3 is 9.47 Å². The molecule has 0 bridgehead atoms. The third-order valence-electron chi connectivity index (χ3n) is 4.79. The van der Waals surface area contributed by atoms with Gasteiger partial charge in [0.2, 0.25) is 0 Å². The summed E-state index contributed by atoms with van der Waals surface area (Å²) >= 11 is 0. The number of ether oxygens (including phenoxy) is 2. The first-order valence-electron chi connectivity index (χ1n) is 10.3. The zero-order valence-corrected chi connectivity index (χ0v) is 18.2. The Kier molecular flexibility index (Phi) is 7.82. The fourth-order valence-electron chi connectivity index (χ4n) is 2.93. The minimum atomic E-state index is -0.326. The van der Waals surface area contributed by atoms with E-state index < -0.39 is 0 Å². The lowest BCUT2D eigenvalue weighted by Gasteiger charge is -2.12. The van der Waals surface area contributed by atoms with Crippen LogP contribution in [0.25, 0.3) is 0 Å². The van der Waals surface area contributed by atoms with E-state index in [9.17, 15) is 4.79 Å². The maximum Gasteiger partial charge on any atom is 0.277 e. The lowest BCUT2D eigenvalue weighted by atomic mass is 10.0. The Morgan fingerprint density at radius 2 is 1.71 bits per heavy atom. The Hall–Kier alpha value is -3.60. The maximum absolute atomic E-state index is 12.2. The minimum absolute atomic E-state index is 0.105. The SMILES string of the molecule is Cc1ccc(C(C)C)cc1OCC(=O)NN=Cc1ccccc1OCc1ccccc1. The van der Waals surface area contributed by atoms with Crippen LogP contribution in [0.3, 0.4) is 0 Å². The Morgan fingerprint density at radius 3 is 2.48 bits per heavy atom. The number of hydrazone groups is 1. The summed E-state index contributed by atoms with van der Waals surface area (Å²) in [5, 5.41) is 4.05. The zero-order chi connectivity index (χ0) is 22.1. The van der Waals surface area contributed by atoms with Gasteiger partial charge in [-0.1, -0.05) is 68.4 Å². The number of nitrogens with one attached hydrogen (secondary N) is 1. The molecule has 0 saturated heterocycles. The Labute approximate surface area is 183 Å². The van der Waals surface area contributed by atoms with Gasteiger partial charge >= 0.3 is 0 Å². The van der Waals surface area contributed by atoms with Gasteiger partial charge in [-0.05, 0) is 47.7 Å². The van der Waals surface area contributed by atoms with Crippen molar-refractivity contribution in [1.82, 2.24) is 5.43 Å². The van der Waals surface area contributed by atoms with E-state index in [0.717, 1.165) is 16.7 Å². The number of hydrogen-bond acceptors (Lipinski definition) is 4. The van der Waals surface area contributed by atoms with E-state index in [4.69, 9.17) is 9.47 Å². The quantitative estimate of drug-likeness (QED) is 0.384. The number of hydrogen-bond donors (Lipinski definition) is 1. The summed E-state index contributed by atoms with van der Waals surface area (Å²) in [6.07, 6.45) is 1.57. The van der Waals surface area contributed by atoms with Crippen LogP contribution in [0.5, 0.6) is 11.5 Å². The molecule has 0 heterocycles. The number of amides is 1. The normalized spacial score (nSPS) is 11.0. The third-order valence-corrected chi connectivity index (χ3v) is 4.79. The number of benzene rings is 3. The molecule has 5 nitrogen and oxygen atoms in total. The Morgan fingerprint density at radius 1 is 0.968 bits per heavy atom. The van der Waals surface area contributed by atoms with Gasteiger partial charge in [0.25, 0.3) is 5.91 Å². The first kappa shape index (κ1) is 22.1. The molecule has 31 heavy (non-hydrogen) atoms. The topological polar surface area (TPSA) is 59.9 Å². The summed E-state index contributed by atoms with van der Waals surface area (Å²) in [7, 11) is 0. The van der Waals surface area contributed by atoms with Crippen molar-refractivity contribution < 1.29 is 14.3 Å². The molecule has 0 aliphatic carbocycles. The predicted molar refractivity (Wildman–Crippen MR) is 124 cm³/mol. The summed E-state index contributed by atoms with van der Waals surface area (Å²) in [5.74, 6) is 1.48. The van der Waals surface area contributed by atoms with Crippen LogP contribution in [0, 0.1) is 6.92 Å². The van der Waals surface area contributed by atoms with Crippen LogP contribution in [-0.4, -0.2) is 18.7 Å². The number of para-hydroxylation sites is 1. The molecule has 1 amide bonds. The molecule has 3 aromatic rings. The molecule has 0 saturated carbocycles. The molecule has 5 heteroatoms. The van der Waals surface area contributed by atoms with Gasteiger partial charge in [-0.3, -0.25) is 4.79 Å². The second-order valence-corrected chi connectivity index (χ2v) is 7.57. The van der Waals surface area contributed by atoms with Gasteiger partial charge in [0.15, 0.2) is 6.61 Å². The first-order valence-corrected chi connectivity index (χ1v) is 10.3. The lowest BCUT2D eigenvalue weighted by Crippen LogP contribution is -2.24. The average molecular weight is 417 g/mol. The van der Waals surface area contributed by atoms with Gasteiger partial charge in [-0.25, -0.2) is 5.43 Å². The van der Waals surface area contributed by atoms with E-state index in [0.29, 0.717) is 24.0 Å². The molecule has 0 aliphatic rings. The second kappa shape index (κ2) is 11.0. The fraction of sp³-hybridized carbons (Fsp3) is 0.231. The van der Waals surface area contributed by atoms with Crippen LogP contribution < -0.4 is 14.9 Å². The number of carbonyl (C=O) groups excluding carboxylic acids is 1. The van der Waals surface area contributed by atoms with Crippen molar-refractivity contribution >= 4 is 12.1 Å². The Bertz CT molecular complexity index is 1030. The average Bonchev–Trinajstić information content (AvgIpc) is 2.78. The van der Waals surface area contributed by atoms with Crippen LogP contribution in [0.1, 0.15) is 42.0 Å². The molecule has 0 radical (unpaired) electrons. The van der Waals surface area contributed by atoms with E-state index in [-0.39, 0.29) is 12.5 Å². The highest BCUT2D eigenvalue weighted by atomic mass is 16.5. The molecule has 0 spiro atoms. The van der Waals surface area contributed by atoms with E-state index in [2.05, 4.69) is 30.4 Å². The summed E-state index contributed by atoms with van der Waals surface area (Å²) < 4.78 is 11.6. The van der Waals surface area contributed by atoms with Crippen LogP contribution in [-0.2, 0) is 11.4 Å².